The number of carbonyl (C=O) groups excluding carboxylic acids is 2. The third-order valence-electron chi connectivity index (χ3n) is 9.02. The molecule has 3 fully saturated rings. The van der Waals surface area contributed by atoms with Crippen molar-refractivity contribution in [3.8, 4) is 0 Å². The number of sulfonamides is 1. The van der Waals surface area contributed by atoms with Gasteiger partial charge in [0.2, 0.25) is 5.91 Å². The van der Waals surface area contributed by atoms with E-state index < -0.39 is 15.4 Å². The Kier molecular flexibility index (Phi) is 6.93. The van der Waals surface area contributed by atoms with Crippen LogP contribution in [0.1, 0.15) is 54.1 Å². The third-order valence-corrected chi connectivity index (χ3v) is 10.0. The molecule has 0 spiro atoms. The van der Waals surface area contributed by atoms with Gasteiger partial charge in [0.05, 0.1) is 5.41 Å². The third kappa shape index (κ3) is 4.82. The number of carbonyl (C=O) groups is 2. The fourth-order valence-electron chi connectivity index (χ4n) is 7.13. The van der Waals surface area contributed by atoms with E-state index in [2.05, 4.69) is 17.0 Å². The van der Waals surface area contributed by atoms with E-state index in [0.717, 1.165) is 51.7 Å². The van der Waals surface area contributed by atoms with Crippen LogP contribution in [-0.4, -0.2) is 67.3 Å². The quantitative estimate of drug-likeness (QED) is 0.541. The first-order valence-corrected chi connectivity index (χ1v) is 14.7. The van der Waals surface area contributed by atoms with E-state index in [4.69, 9.17) is 10.9 Å². The van der Waals surface area contributed by atoms with Crippen molar-refractivity contribution in [2.24, 2.45) is 35.2 Å². The number of hydrogen-bond donors (Lipinski definition) is 2. The van der Waals surface area contributed by atoms with Gasteiger partial charge in [0.1, 0.15) is 5.69 Å². The number of nitrogens with two attached hydrogens (primary N) is 2. The van der Waals surface area contributed by atoms with Crippen molar-refractivity contribution in [3.05, 3.63) is 53.7 Å². The molecule has 200 valence electrons. The van der Waals surface area contributed by atoms with Gasteiger partial charge in [-0.05, 0) is 61.3 Å². The molecule has 9 nitrogen and oxygen atoms in total. The van der Waals surface area contributed by atoms with E-state index in [9.17, 15) is 18.0 Å². The maximum absolute atomic E-state index is 13.2. The Bertz CT molecular complexity index is 1250. The van der Waals surface area contributed by atoms with Crippen molar-refractivity contribution in [1.29, 1.82) is 0 Å². The lowest BCUT2D eigenvalue weighted by atomic mass is 9.68. The van der Waals surface area contributed by atoms with Gasteiger partial charge in [0, 0.05) is 33.2 Å². The number of primary sulfonamides is 1. The highest BCUT2D eigenvalue weighted by Gasteiger charge is 2.47. The predicted molar refractivity (Wildman–Crippen MR) is 140 cm³/mol. The summed E-state index contributed by atoms with van der Waals surface area (Å²) < 4.78 is 24.9. The SMILES string of the molecule is Cn1c(C(=O)N2CC3CN(CC[C@@H](c4ccccc4)C4(C(N)=O)CCCC4)CC3C2)ccc1S(N)(=O)=O. The van der Waals surface area contributed by atoms with Crippen LogP contribution in [0.25, 0.3) is 0 Å². The fraction of sp³-hybridized carbons (Fsp3) is 0.556. The summed E-state index contributed by atoms with van der Waals surface area (Å²) in [5.41, 5.74) is 7.09. The molecule has 2 unspecified atom stereocenters. The first kappa shape index (κ1) is 25.9. The van der Waals surface area contributed by atoms with Crippen LogP contribution >= 0.6 is 0 Å². The predicted octanol–water partition coefficient (Wildman–Crippen LogP) is 1.90. The molecule has 1 aliphatic carbocycles. The molecule has 2 aromatic rings. The van der Waals surface area contributed by atoms with Crippen molar-refractivity contribution in [1.82, 2.24) is 14.4 Å². The van der Waals surface area contributed by atoms with Gasteiger partial charge in [-0.3, -0.25) is 9.59 Å². The maximum atomic E-state index is 13.2. The molecule has 37 heavy (non-hydrogen) atoms. The lowest BCUT2D eigenvalue weighted by molar-refractivity contribution is -0.129. The molecule has 1 saturated carbocycles. The van der Waals surface area contributed by atoms with Crippen LogP contribution in [0.4, 0.5) is 0 Å². The summed E-state index contributed by atoms with van der Waals surface area (Å²) in [6.45, 7) is 4.03. The van der Waals surface area contributed by atoms with E-state index in [1.165, 1.54) is 22.3 Å². The zero-order chi connectivity index (χ0) is 26.4. The van der Waals surface area contributed by atoms with E-state index in [1.54, 1.807) is 7.05 Å². The fourth-order valence-corrected chi connectivity index (χ4v) is 7.86. The molecule has 0 radical (unpaired) electrons. The maximum Gasteiger partial charge on any atom is 0.270 e. The van der Waals surface area contributed by atoms with Gasteiger partial charge in [-0.25, -0.2) is 13.6 Å². The summed E-state index contributed by atoms with van der Waals surface area (Å²) in [4.78, 5) is 30.2. The molecule has 1 aromatic carbocycles. The van der Waals surface area contributed by atoms with Gasteiger partial charge < -0.3 is 20.1 Å². The number of primary amides is 1. The normalized spacial score (nSPS) is 24.3. The largest absolute Gasteiger partial charge is 0.369 e. The number of nitrogens with zero attached hydrogens (tertiary/aromatic N) is 3. The van der Waals surface area contributed by atoms with Crippen LogP contribution in [0.5, 0.6) is 0 Å². The summed E-state index contributed by atoms with van der Waals surface area (Å²) in [5, 5.41) is 5.20. The molecule has 0 bridgehead atoms. The number of fused-ring (bicyclic) bond motifs is 1. The molecular weight excluding hydrogens is 490 g/mol. The molecule has 3 atom stereocenters. The molecule has 10 heteroatoms. The molecule has 2 aliphatic heterocycles. The molecule has 4 N–H and O–H groups in total. The van der Waals surface area contributed by atoms with Crippen LogP contribution in [-0.2, 0) is 21.9 Å². The smallest absolute Gasteiger partial charge is 0.270 e. The van der Waals surface area contributed by atoms with Crippen molar-refractivity contribution >= 4 is 21.8 Å². The molecule has 1 aromatic heterocycles. The van der Waals surface area contributed by atoms with Crippen LogP contribution in [0.2, 0.25) is 0 Å². The topological polar surface area (TPSA) is 132 Å². The number of aromatic nitrogens is 1. The molecule has 2 saturated heterocycles. The van der Waals surface area contributed by atoms with E-state index in [-0.39, 0.29) is 22.8 Å². The summed E-state index contributed by atoms with van der Waals surface area (Å²) in [6, 6.07) is 13.2. The van der Waals surface area contributed by atoms with Crippen molar-refractivity contribution in [2.45, 2.75) is 43.0 Å². The zero-order valence-corrected chi connectivity index (χ0v) is 22.2. The number of hydrogen-bond acceptors (Lipinski definition) is 5. The zero-order valence-electron chi connectivity index (χ0n) is 21.4. The second-order valence-corrected chi connectivity index (χ2v) is 12.6. The molecule has 2 amide bonds. The molecule has 3 heterocycles. The van der Waals surface area contributed by atoms with Gasteiger partial charge in [-0.2, -0.15) is 0 Å². The van der Waals surface area contributed by atoms with Crippen LogP contribution in [0, 0.1) is 17.3 Å². The summed E-state index contributed by atoms with van der Waals surface area (Å²) in [7, 11) is -2.33. The number of rotatable bonds is 8. The number of benzene rings is 1. The number of likely N-dealkylation sites (tertiary alicyclic amines) is 2. The van der Waals surface area contributed by atoms with E-state index >= 15 is 0 Å². The highest BCUT2D eigenvalue weighted by molar-refractivity contribution is 7.89. The summed E-state index contributed by atoms with van der Waals surface area (Å²) in [6.07, 6.45) is 4.69. The Morgan fingerprint density at radius 1 is 1.00 bits per heavy atom. The van der Waals surface area contributed by atoms with Crippen molar-refractivity contribution in [3.63, 3.8) is 0 Å². The lowest BCUT2D eigenvalue weighted by Crippen LogP contribution is -2.41. The first-order valence-electron chi connectivity index (χ1n) is 13.1. The average molecular weight is 528 g/mol. The minimum absolute atomic E-state index is 0.0645. The minimum atomic E-state index is -3.89. The van der Waals surface area contributed by atoms with Gasteiger partial charge in [-0.15, -0.1) is 0 Å². The highest BCUT2D eigenvalue weighted by atomic mass is 32.2. The summed E-state index contributed by atoms with van der Waals surface area (Å²) >= 11 is 0. The lowest BCUT2D eigenvalue weighted by Gasteiger charge is -2.36. The number of amides is 2. The van der Waals surface area contributed by atoms with Gasteiger partial charge >= 0.3 is 0 Å². The van der Waals surface area contributed by atoms with Crippen LogP contribution in [0.15, 0.2) is 47.5 Å². The Labute approximate surface area is 218 Å². The van der Waals surface area contributed by atoms with Gasteiger partial charge in [-0.1, -0.05) is 43.2 Å². The molecular formula is C27H37N5O4S. The van der Waals surface area contributed by atoms with Crippen molar-refractivity contribution < 1.29 is 18.0 Å². The first-order chi connectivity index (χ1) is 17.6. The molecule has 5 rings (SSSR count). The molecule has 3 aliphatic rings. The highest BCUT2D eigenvalue weighted by Crippen LogP contribution is 2.50. The van der Waals surface area contributed by atoms with E-state index in [0.29, 0.717) is 30.6 Å². The minimum Gasteiger partial charge on any atom is -0.369 e. The standard InChI is InChI=1S/C27H37N5O4S/c1-30-23(9-10-24(30)37(29,35)36)25(33)32-17-20-15-31(16-21(20)18-32)14-11-22(19-7-3-2-4-8-19)27(26(28)34)12-5-6-13-27/h2-4,7-10,20-22H,5-6,11-18H2,1H3,(H2,28,34)(H2,29,35,36)/t20?,21?,22-/m0/s1. The Morgan fingerprint density at radius 3 is 2.16 bits per heavy atom. The van der Waals surface area contributed by atoms with Gasteiger partial charge in [0.25, 0.3) is 15.9 Å². The van der Waals surface area contributed by atoms with E-state index in [1.807, 2.05) is 23.1 Å². The average Bonchev–Trinajstić information content (AvgIpc) is 3.62. The summed E-state index contributed by atoms with van der Waals surface area (Å²) in [5.74, 6) is 0.546. The Morgan fingerprint density at radius 2 is 1.62 bits per heavy atom. The van der Waals surface area contributed by atoms with Gasteiger partial charge in [0.15, 0.2) is 5.03 Å². The van der Waals surface area contributed by atoms with Crippen molar-refractivity contribution in [2.75, 3.05) is 32.7 Å². The monoisotopic (exact) mass is 527 g/mol. The Balaban J connectivity index is 1.23. The Hall–Kier alpha value is -2.69. The van der Waals surface area contributed by atoms with Crippen LogP contribution in [0.3, 0.4) is 0 Å². The second-order valence-electron chi connectivity index (χ2n) is 11.1. The second kappa shape index (κ2) is 9.89. The van der Waals surface area contributed by atoms with Crippen LogP contribution < -0.4 is 10.9 Å².